The number of carbonyl (C=O) groups is 3. The van der Waals surface area contributed by atoms with Gasteiger partial charge in [-0.15, -0.1) is 0 Å². The number of hydrazone groups is 1. The van der Waals surface area contributed by atoms with E-state index in [-0.39, 0.29) is 19.2 Å². The molecule has 0 saturated carbocycles. The summed E-state index contributed by atoms with van der Waals surface area (Å²) >= 11 is 5.34. The van der Waals surface area contributed by atoms with Crippen molar-refractivity contribution in [3.05, 3.63) is 113 Å². The number of ether oxygens (including phenoxy) is 3. The number of aromatic nitrogens is 1. The van der Waals surface area contributed by atoms with E-state index < -0.39 is 17.9 Å². The van der Waals surface area contributed by atoms with Crippen molar-refractivity contribution >= 4 is 52.3 Å². The van der Waals surface area contributed by atoms with Crippen molar-refractivity contribution in [2.45, 2.75) is 33.4 Å². The largest absolute Gasteiger partial charge is 0.483 e. The lowest BCUT2D eigenvalue weighted by Gasteiger charge is -2.30. The van der Waals surface area contributed by atoms with Crippen molar-refractivity contribution in [3.63, 3.8) is 0 Å². The molecule has 1 atom stereocenters. The fourth-order valence-electron chi connectivity index (χ4n) is 5.27. The lowest BCUT2D eigenvalue weighted by molar-refractivity contribution is -0.139. The lowest BCUT2D eigenvalue weighted by Crippen LogP contribution is -2.45. The Bertz CT molecular complexity index is 1860. The predicted octanol–water partition coefficient (Wildman–Crippen LogP) is 4.75. The smallest absolute Gasteiger partial charge is 0.338 e. The van der Waals surface area contributed by atoms with E-state index in [0.717, 1.165) is 22.0 Å². The van der Waals surface area contributed by atoms with Gasteiger partial charge in [-0.05, 0) is 62.8 Å². The normalized spacial score (nSPS) is 14.4. The summed E-state index contributed by atoms with van der Waals surface area (Å²) in [7, 11) is 0. The molecule has 0 saturated heterocycles. The van der Waals surface area contributed by atoms with Crippen LogP contribution in [0.15, 0.2) is 95.4 Å². The van der Waals surface area contributed by atoms with Crippen LogP contribution in [0.4, 0.5) is 0 Å². The molecule has 0 bridgehead atoms. The highest BCUT2D eigenvalue weighted by atomic mass is 32.1. The molecule has 0 radical (unpaired) electrons. The molecular formula is C35H35N5O6S. The third-order valence-electron chi connectivity index (χ3n) is 7.38. The minimum atomic E-state index is -0.632. The molecule has 0 aliphatic carbocycles. The molecule has 1 aliphatic heterocycles. The fourth-order valence-corrected chi connectivity index (χ4v) is 5.54. The zero-order chi connectivity index (χ0) is 33.3. The summed E-state index contributed by atoms with van der Waals surface area (Å²) in [5.74, 6) is -0.888. The Kier molecular flexibility index (Phi) is 10.6. The molecule has 5 rings (SSSR count). The van der Waals surface area contributed by atoms with Gasteiger partial charge in [-0.3, -0.25) is 4.79 Å². The number of hydrogen-bond acceptors (Lipinski definition) is 8. The van der Waals surface area contributed by atoms with Crippen molar-refractivity contribution in [2.24, 2.45) is 5.10 Å². The number of carbonyl (C=O) groups excluding carboxylic acids is 3. The van der Waals surface area contributed by atoms with Gasteiger partial charge in [-0.1, -0.05) is 48.5 Å². The van der Waals surface area contributed by atoms with Crippen molar-refractivity contribution in [2.75, 3.05) is 19.8 Å². The van der Waals surface area contributed by atoms with E-state index in [2.05, 4.69) is 25.7 Å². The third kappa shape index (κ3) is 7.85. The molecule has 4 aromatic rings. The summed E-state index contributed by atoms with van der Waals surface area (Å²) in [4.78, 5) is 37.6. The van der Waals surface area contributed by atoms with Gasteiger partial charge in [0.05, 0.1) is 36.6 Å². The molecule has 0 spiro atoms. The van der Waals surface area contributed by atoms with Gasteiger partial charge in [0, 0.05) is 40.5 Å². The van der Waals surface area contributed by atoms with Crippen LogP contribution in [-0.2, 0) is 25.6 Å². The van der Waals surface area contributed by atoms with Crippen LogP contribution >= 0.6 is 12.2 Å². The summed E-state index contributed by atoms with van der Waals surface area (Å²) in [6.45, 7) is 6.07. The van der Waals surface area contributed by atoms with Gasteiger partial charge in [0.15, 0.2) is 11.7 Å². The van der Waals surface area contributed by atoms with Crippen molar-refractivity contribution in [1.82, 2.24) is 20.6 Å². The average molecular weight is 654 g/mol. The number of hydrogen-bond donors (Lipinski definition) is 3. The Labute approximate surface area is 277 Å². The third-order valence-corrected chi connectivity index (χ3v) is 7.60. The summed E-state index contributed by atoms with van der Waals surface area (Å²) in [5.41, 5.74) is 7.43. The van der Waals surface area contributed by atoms with Gasteiger partial charge in [-0.25, -0.2) is 15.0 Å². The molecule has 11 nitrogen and oxygen atoms in total. The molecule has 1 aliphatic rings. The number of amides is 1. The second-order valence-corrected chi connectivity index (χ2v) is 11.0. The van der Waals surface area contributed by atoms with E-state index in [4.69, 9.17) is 26.4 Å². The van der Waals surface area contributed by atoms with Crippen LogP contribution in [0.3, 0.4) is 0 Å². The van der Waals surface area contributed by atoms with Crippen LogP contribution in [-0.4, -0.2) is 53.6 Å². The van der Waals surface area contributed by atoms with E-state index in [0.29, 0.717) is 46.4 Å². The summed E-state index contributed by atoms with van der Waals surface area (Å²) in [6.07, 6.45) is 3.55. The molecule has 242 valence electrons. The SMILES string of the molecule is CCOC(=O)C1=C(C)NC(=S)N[C@@H]1c1ccccc1OCC(=O)NN=Cc1cn(Cc2ccc(C(=O)OCC)cc2)c2ccccc12. The highest BCUT2D eigenvalue weighted by Gasteiger charge is 2.32. The van der Waals surface area contributed by atoms with Gasteiger partial charge in [0.25, 0.3) is 5.91 Å². The summed E-state index contributed by atoms with van der Waals surface area (Å²) < 4.78 is 18.3. The van der Waals surface area contributed by atoms with Crippen LogP contribution < -0.4 is 20.8 Å². The number of benzene rings is 3. The lowest BCUT2D eigenvalue weighted by atomic mass is 9.95. The van der Waals surface area contributed by atoms with E-state index in [9.17, 15) is 14.4 Å². The first kappa shape index (κ1) is 32.9. The minimum absolute atomic E-state index is 0.221. The first-order chi connectivity index (χ1) is 22.8. The Hall–Kier alpha value is -5.49. The molecule has 3 aromatic carbocycles. The van der Waals surface area contributed by atoms with Gasteiger partial charge in [0.2, 0.25) is 0 Å². The first-order valence-corrected chi connectivity index (χ1v) is 15.5. The van der Waals surface area contributed by atoms with E-state index in [1.165, 1.54) is 0 Å². The molecular weight excluding hydrogens is 618 g/mol. The second-order valence-electron chi connectivity index (χ2n) is 10.6. The molecule has 0 unspecified atom stereocenters. The van der Waals surface area contributed by atoms with E-state index >= 15 is 0 Å². The highest BCUT2D eigenvalue weighted by Crippen LogP contribution is 2.33. The topological polar surface area (TPSA) is 132 Å². The average Bonchev–Trinajstić information content (AvgIpc) is 3.41. The van der Waals surface area contributed by atoms with Crippen molar-refractivity contribution in [3.8, 4) is 5.75 Å². The van der Waals surface area contributed by atoms with Crippen LogP contribution in [0, 0.1) is 0 Å². The van der Waals surface area contributed by atoms with Crippen LogP contribution in [0.5, 0.6) is 5.75 Å². The number of allylic oxidation sites excluding steroid dienone is 1. The second kappa shape index (κ2) is 15.2. The Morgan fingerprint density at radius 2 is 1.66 bits per heavy atom. The van der Waals surface area contributed by atoms with Crippen LogP contribution in [0.1, 0.15) is 53.9 Å². The first-order valence-electron chi connectivity index (χ1n) is 15.1. The standard InChI is InChI=1S/C35H35N5O6S/c1-4-44-33(42)24-16-14-23(15-17-24)19-40-20-25(26-10-6-8-12-28(26)40)18-36-39-30(41)21-46-29-13-9-7-11-27(29)32-31(34(43)45-5-2)22(3)37-35(47)38-32/h6-18,20,32H,4-5,19,21H2,1-3H3,(H,39,41)(H2,37,38,47)/t32-/m1/s1. The number of nitrogens with one attached hydrogen (secondary N) is 3. The van der Waals surface area contributed by atoms with Gasteiger partial charge in [0.1, 0.15) is 5.75 Å². The predicted molar refractivity (Wildman–Crippen MR) is 182 cm³/mol. The van der Waals surface area contributed by atoms with Gasteiger partial charge in [-0.2, -0.15) is 5.10 Å². The van der Waals surface area contributed by atoms with Crippen LogP contribution in [0.25, 0.3) is 10.9 Å². The number of rotatable bonds is 12. The number of nitrogens with zero attached hydrogens (tertiary/aromatic N) is 2. The molecule has 12 heteroatoms. The molecule has 0 fully saturated rings. The highest BCUT2D eigenvalue weighted by molar-refractivity contribution is 7.80. The number of thiocarbonyl (C=S) groups is 1. The number of fused-ring (bicyclic) bond motifs is 1. The Morgan fingerprint density at radius 3 is 2.43 bits per heavy atom. The maximum absolute atomic E-state index is 12.8. The molecule has 3 N–H and O–H groups in total. The monoisotopic (exact) mass is 653 g/mol. The number of esters is 2. The Balaban J connectivity index is 1.25. The van der Waals surface area contributed by atoms with Crippen molar-refractivity contribution in [1.29, 1.82) is 0 Å². The van der Waals surface area contributed by atoms with Crippen molar-refractivity contribution < 1.29 is 28.6 Å². The maximum atomic E-state index is 12.8. The zero-order valence-corrected chi connectivity index (χ0v) is 27.1. The number of para-hydroxylation sites is 2. The minimum Gasteiger partial charge on any atom is -0.483 e. The van der Waals surface area contributed by atoms with E-state index in [1.54, 1.807) is 57.3 Å². The van der Waals surface area contributed by atoms with E-state index in [1.807, 2.05) is 48.7 Å². The van der Waals surface area contributed by atoms with Gasteiger partial charge >= 0.3 is 11.9 Å². The molecule has 1 aromatic heterocycles. The summed E-state index contributed by atoms with van der Waals surface area (Å²) in [6, 6.07) is 21.7. The molecule has 47 heavy (non-hydrogen) atoms. The molecule has 1 amide bonds. The fraction of sp³-hybridized carbons (Fsp3) is 0.229. The zero-order valence-electron chi connectivity index (χ0n) is 26.2. The molecule has 2 heterocycles. The van der Waals surface area contributed by atoms with Gasteiger partial charge < -0.3 is 29.4 Å². The van der Waals surface area contributed by atoms with Crippen LogP contribution in [0.2, 0.25) is 0 Å². The quantitative estimate of drug-likeness (QED) is 0.0858. The summed E-state index contributed by atoms with van der Waals surface area (Å²) in [5, 5.41) is 11.6. The maximum Gasteiger partial charge on any atom is 0.338 e. The Morgan fingerprint density at radius 1 is 0.957 bits per heavy atom.